The van der Waals surface area contributed by atoms with Crippen molar-refractivity contribution in [2.24, 2.45) is 5.92 Å². The van der Waals surface area contributed by atoms with E-state index < -0.39 is 0 Å². The van der Waals surface area contributed by atoms with Crippen LogP contribution in [-0.4, -0.2) is 16.4 Å². The van der Waals surface area contributed by atoms with Gasteiger partial charge < -0.3 is 5.32 Å². The van der Waals surface area contributed by atoms with E-state index >= 15 is 0 Å². The third-order valence-corrected chi connectivity index (χ3v) is 5.08. The molecule has 21 heavy (non-hydrogen) atoms. The van der Waals surface area contributed by atoms with Gasteiger partial charge in [0.05, 0.1) is 0 Å². The predicted molar refractivity (Wildman–Crippen MR) is 94.5 cm³/mol. The van der Waals surface area contributed by atoms with Gasteiger partial charge >= 0.3 is 0 Å². The summed E-state index contributed by atoms with van der Waals surface area (Å²) in [5.74, 6) is 0.412. The number of hydrogen-bond acceptors (Lipinski definition) is 1. The maximum Gasteiger partial charge on any atom is 0.224 e. The van der Waals surface area contributed by atoms with Crippen LogP contribution in [0.2, 0.25) is 0 Å². The van der Waals surface area contributed by atoms with Crippen LogP contribution in [0.5, 0.6) is 0 Å². The van der Waals surface area contributed by atoms with Crippen molar-refractivity contribution in [2.75, 3.05) is 4.43 Å². The van der Waals surface area contributed by atoms with Gasteiger partial charge in [0.2, 0.25) is 5.91 Å². The van der Waals surface area contributed by atoms with Gasteiger partial charge in [-0.05, 0) is 29.5 Å². The zero-order valence-electron chi connectivity index (χ0n) is 11.8. The highest BCUT2D eigenvalue weighted by atomic mass is 127. The van der Waals surface area contributed by atoms with Crippen molar-refractivity contribution >= 4 is 28.5 Å². The van der Waals surface area contributed by atoms with Crippen molar-refractivity contribution in [1.82, 2.24) is 5.32 Å². The van der Waals surface area contributed by atoms with Crippen LogP contribution < -0.4 is 5.32 Å². The SMILES string of the molecule is O=C1NC(Cc2ccc(-c3ccccc3)cc2)CC1CI. The number of benzene rings is 2. The highest BCUT2D eigenvalue weighted by Crippen LogP contribution is 2.23. The minimum atomic E-state index is 0.194. The number of nitrogens with one attached hydrogen (secondary N) is 1. The van der Waals surface area contributed by atoms with Crippen molar-refractivity contribution in [3.05, 3.63) is 60.2 Å². The molecule has 0 aromatic heterocycles. The zero-order chi connectivity index (χ0) is 14.7. The second kappa shape index (κ2) is 6.60. The number of alkyl halides is 1. The third-order valence-electron chi connectivity index (χ3n) is 4.02. The molecule has 1 aliphatic rings. The molecule has 3 heteroatoms. The summed E-state index contributed by atoms with van der Waals surface area (Å²) in [5.41, 5.74) is 3.76. The summed E-state index contributed by atoms with van der Waals surface area (Å²) < 4.78 is 0.910. The molecule has 1 saturated heterocycles. The molecule has 1 heterocycles. The first kappa shape index (κ1) is 14.6. The largest absolute Gasteiger partial charge is 0.353 e. The molecular weight excluding hydrogens is 373 g/mol. The lowest BCUT2D eigenvalue weighted by Crippen LogP contribution is -2.28. The van der Waals surface area contributed by atoms with E-state index in [1.165, 1.54) is 16.7 Å². The molecule has 0 bridgehead atoms. The molecule has 2 nitrogen and oxygen atoms in total. The Morgan fingerprint density at radius 2 is 1.67 bits per heavy atom. The molecule has 2 unspecified atom stereocenters. The molecular formula is C18H18INO. The first-order valence-corrected chi connectivity index (χ1v) is 8.79. The summed E-state index contributed by atoms with van der Waals surface area (Å²) in [6.45, 7) is 0. The quantitative estimate of drug-likeness (QED) is 0.623. The molecule has 0 aliphatic carbocycles. The van der Waals surface area contributed by atoms with Gasteiger partial charge in [0.15, 0.2) is 0 Å². The van der Waals surface area contributed by atoms with Crippen LogP contribution in [0, 0.1) is 5.92 Å². The number of halogens is 1. The fourth-order valence-corrected chi connectivity index (χ4v) is 3.60. The van der Waals surface area contributed by atoms with E-state index in [2.05, 4.69) is 76.4 Å². The Hall–Kier alpha value is -1.36. The van der Waals surface area contributed by atoms with Crippen molar-refractivity contribution in [1.29, 1.82) is 0 Å². The van der Waals surface area contributed by atoms with Crippen molar-refractivity contribution in [3.63, 3.8) is 0 Å². The van der Waals surface area contributed by atoms with E-state index in [9.17, 15) is 4.79 Å². The van der Waals surface area contributed by atoms with Crippen molar-refractivity contribution in [2.45, 2.75) is 18.9 Å². The van der Waals surface area contributed by atoms with E-state index in [-0.39, 0.29) is 11.8 Å². The highest BCUT2D eigenvalue weighted by molar-refractivity contribution is 14.1. The topological polar surface area (TPSA) is 29.1 Å². The molecule has 3 rings (SSSR count). The molecule has 2 aromatic carbocycles. The van der Waals surface area contributed by atoms with Gasteiger partial charge in [0, 0.05) is 16.4 Å². The van der Waals surface area contributed by atoms with Crippen LogP contribution in [-0.2, 0) is 11.2 Å². The van der Waals surface area contributed by atoms with Gasteiger partial charge in [-0.25, -0.2) is 0 Å². The molecule has 108 valence electrons. The second-order valence-electron chi connectivity index (χ2n) is 5.56. The highest BCUT2D eigenvalue weighted by Gasteiger charge is 2.30. The zero-order valence-corrected chi connectivity index (χ0v) is 13.9. The smallest absolute Gasteiger partial charge is 0.224 e. The fraction of sp³-hybridized carbons (Fsp3) is 0.278. The Kier molecular flexibility index (Phi) is 4.58. The number of amides is 1. The van der Waals surface area contributed by atoms with Crippen LogP contribution in [0.1, 0.15) is 12.0 Å². The van der Waals surface area contributed by atoms with Gasteiger partial charge in [0.25, 0.3) is 0 Å². The standard InChI is InChI=1S/C18H18INO/c19-12-16-11-17(20-18(16)21)10-13-6-8-15(9-7-13)14-4-2-1-3-5-14/h1-9,16-17H,10-12H2,(H,20,21). The molecule has 0 spiro atoms. The summed E-state index contributed by atoms with van der Waals surface area (Å²) >= 11 is 2.30. The lowest BCUT2D eigenvalue weighted by Gasteiger charge is -2.10. The van der Waals surface area contributed by atoms with Crippen molar-refractivity contribution in [3.8, 4) is 11.1 Å². The molecule has 2 atom stereocenters. The average Bonchev–Trinajstić information content (AvgIpc) is 2.88. The van der Waals surface area contributed by atoms with Crippen LogP contribution in [0.4, 0.5) is 0 Å². The molecule has 0 radical (unpaired) electrons. The predicted octanol–water partition coefficient (Wildman–Crippen LogP) is 3.84. The van der Waals surface area contributed by atoms with E-state index in [0.29, 0.717) is 6.04 Å². The normalized spacial score (nSPS) is 21.3. The van der Waals surface area contributed by atoms with Crippen LogP contribution in [0.3, 0.4) is 0 Å². The summed E-state index contributed by atoms with van der Waals surface area (Å²) in [6.07, 6.45) is 1.89. The molecule has 2 aromatic rings. The molecule has 0 saturated carbocycles. The maximum absolute atomic E-state index is 11.7. The monoisotopic (exact) mass is 391 g/mol. The number of carbonyl (C=O) groups excluding carboxylic acids is 1. The second-order valence-corrected chi connectivity index (χ2v) is 6.44. The fourth-order valence-electron chi connectivity index (χ4n) is 2.84. The van der Waals surface area contributed by atoms with Crippen LogP contribution in [0.15, 0.2) is 54.6 Å². The Bertz CT molecular complexity index is 609. The Morgan fingerprint density at radius 3 is 2.29 bits per heavy atom. The Labute approximate surface area is 139 Å². The summed E-state index contributed by atoms with van der Waals surface area (Å²) in [6, 6.07) is 19.4. The average molecular weight is 391 g/mol. The summed E-state index contributed by atoms with van der Waals surface area (Å²) in [4.78, 5) is 11.7. The minimum absolute atomic E-state index is 0.194. The summed E-state index contributed by atoms with van der Waals surface area (Å²) in [7, 11) is 0. The maximum atomic E-state index is 11.7. The lowest BCUT2D eigenvalue weighted by atomic mass is 9.98. The van der Waals surface area contributed by atoms with Gasteiger partial charge in [-0.3, -0.25) is 4.79 Å². The first-order chi connectivity index (χ1) is 10.3. The van der Waals surface area contributed by atoms with Gasteiger partial charge in [-0.2, -0.15) is 0 Å². The lowest BCUT2D eigenvalue weighted by molar-refractivity contribution is -0.121. The Balaban J connectivity index is 1.67. The van der Waals surface area contributed by atoms with E-state index in [4.69, 9.17) is 0 Å². The van der Waals surface area contributed by atoms with Crippen LogP contribution >= 0.6 is 22.6 Å². The number of rotatable bonds is 4. The number of hydrogen-bond donors (Lipinski definition) is 1. The Morgan fingerprint density at radius 1 is 1.00 bits per heavy atom. The van der Waals surface area contributed by atoms with Gasteiger partial charge in [0.1, 0.15) is 0 Å². The summed E-state index contributed by atoms with van der Waals surface area (Å²) in [5, 5.41) is 3.11. The van der Waals surface area contributed by atoms with E-state index in [1.807, 2.05) is 6.07 Å². The molecule has 1 amide bonds. The van der Waals surface area contributed by atoms with Crippen molar-refractivity contribution < 1.29 is 4.79 Å². The van der Waals surface area contributed by atoms with E-state index in [0.717, 1.165) is 17.3 Å². The third kappa shape index (κ3) is 3.46. The van der Waals surface area contributed by atoms with Gasteiger partial charge in [-0.1, -0.05) is 77.2 Å². The van der Waals surface area contributed by atoms with Gasteiger partial charge in [-0.15, -0.1) is 0 Å². The minimum Gasteiger partial charge on any atom is -0.353 e. The molecule has 1 N–H and O–H groups in total. The first-order valence-electron chi connectivity index (χ1n) is 7.27. The van der Waals surface area contributed by atoms with Crippen LogP contribution in [0.25, 0.3) is 11.1 Å². The molecule has 1 fully saturated rings. The van der Waals surface area contributed by atoms with E-state index in [1.54, 1.807) is 0 Å². The molecule has 1 aliphatic heterocycles. The number of carbonyl (C=O) groups is 1.